The summed E-state index contributed by atoms with van der Waals surface area (Å²) in [4.78, 5) is 33.1. The number of aromatic nitrogens is 1. The van der Waals surface area contributed by atoms with Crippen molar-refractivity contribution >= 4 is 27.7 Å². The number of amides is 2. The zero-order valence-electron chi connectivity index (χ0n) is 16.6. The predicted molar refractivity (Wildman–Crippen MR) is 112 cm³/mol. The van der Waals surface area contributed by atoms with Crippen LogP contribution >= 0.6 is 0 Å². The van der Waals surface area contributed by atoms with Crippen molar-refractivity contribution in [1.82, 2.24) is 20.3 Å². The largest absolute Gasteiger partial charge is 0.352 e. The molecule has 1 aromatic heterocycles. The van der Waals surface area contributed by atoms with E-state index in [0.717, 1.165) is 0 Å². The van der Waals surface area contributed by atoms with Crippen LogP contribution in [0.15, 0.2) is 58.7 Å². The maximum absolute atomic E-state index is 12.6. The Hall–Kier alpha value is -3.27. The van der Waals surface area contributed by atoms with E-state index in [1.54, 1.807) is 36.5 Å². The molecular formula is C20H23N5O4S. The van der Waals surface area contributed by atoms with E-state index in [2.05, 4.69) is 25.3 Å². The molecule has 3 N–H and O–H groups in total. The number of benzene rings is 1. The normalized spacial score (nSPS) is 16.6. The van der Waals surface area contributed by atoms with Gasteiger partial charge in [0.1, 0.15) is 11.9 Å². The van der Waals surface area contributed by atoms with Gasteiger partial charge < -0.3 is 10.6 Å². The van der Waals surface area contributed by atoms with Crippen LogP contribution in [-0.2, 0) is 14.8 Å². The SMILES string of the molecule is CC(C)[C@H](N=C1NS(=O)(=O)c2ccccc21)C(=O)NCCNC(=O)c1cccnc1. The Morgan fingerprint density at radius 3 is 2.53 bits per heavy atom. The standard InChI is InChI=1S/C20H23N5O4S/c1-13(2)17(24-18-15-7-3-4-8-16(15)30(28,29)25-18)20(27)23-11-10-22-19(26)14-6-5-9-21-12-14/h3-9,12-13,17H,10-11H2,1-2H3,(H,22,26)(H,23,27)(H,24,25)/t17-/m0/s1. The van der Waals surface area contributed by atoms with Crippen LogP contribution in [0.3, 0.4) is 0 Å². The van der Waals surface area contributed by atoms with Crippen LogP contribution in [0.4, 0.5) is 0 Å². The summed E-state index contributed by atoms with van der Waals surface area (Å²) in [5.74, 6) is -0.643. The molecule has 30 heavy (non-hydrogen) atoms. The van der Waals surface area contributed by atoms with E-state index in [1.165, 1.54) is 12.3 Å². The number of pyridine rings is 1. The fourth-order valence-corrected chi connectivity index (χ4v) is 4.18. The number of carbonyl (C=O) groups excluding carboxylic acids is 2. The highest BCUT2D eigenvalue weighted by molar-refractivity contribution is 7.90. The highest BCUT2D eigenvalue weighted by atomic mass is 32.2. The third-order valence-corrected chi connectivity index (χ3v) is 5.86. The second kappa shape index (κ2) is 9.04. The van der Waals surface area contributed by atoms with Gasteiger partial charge in [0.15, 0.2) is 0 Å². The first kappa shape index (κ1) is 21.4. The second-order valence-electron chi connectivity index (χ2n) is 7.06. The molecule has 0 fully saturated rings. The second-order valence-corrected chi connectivity index (χ2v) is 8.71. The molecule has 1 aliphatic rings. The Morgan fingerprint density at radius 2 is 1.83 bits per heavy atom. The Kier molecular flexibility index (Phi) is 6.46. The van der Waals surface area contributed by atoms with E-state index in [4.69, 9.17) is 0 Å². The van der Waals surface area contributed by atoms with Crippen molar-refractivity contribution in [2.75, 3.05) is 13.1 Å². The lowest BCUT2D eigenvalue weighted by Gasteiger charge is -2.17. The summed E-state index contributed by atoms with van der Waals surface area (Å²) in [6.45, 7) is 4.10. The van der Waals surface area contributed by atoms with Gasteiger partial charge in [0, 0.05) is 31.0 Å². The topological polar surface area (TPSA) is 130 Å². The third kappa shape index (κ3) is 4.82. The van der Waals surface area contributed by atoms with Gasteiger partial charge in [-0.3, -0.25) is 24.3 Å². The summed E-state index contributed by atoms with van der Waals surface area (Å²) in [5.41, 5.74) is 0.877. The van der Waals surface area contributed by atoms with Crippen molar-refractivity contribution in [2.45, 2.75) is 24.8 Å². The number of amidine groups is 1. The van der Waals surface area contributed by atoms with Crippen molar-refractivity contribution < 1.29 is 18.0 Å². The summed E-state index contributed by atoms with van der Waals surface area (Å²) in [6, 6.07) is 9.01. The van der Waals surface area contributed by atoms with Crippen LogP contribution in [0.1, 0.15) is 29.8 Å². The van der Waals surface area contributed by atoms with Crippen LogP contribution in [0.25, 0.3) is 0 Å². The number of fused-ring (bicyclic) bond motifs is 1. The van der Waals surface area contributed by atoms with Gasteiger partial charge in [-0.1, -0.05) is 26.0 Å². The molecule has 2 amide bonds. The van der Waals surface area contributed by atoms with Gasteiger partial charge in [-0.05, 0) is 30.2 Å². The number of hydrogen-bond donors (Lipinski definition) is 3. The number of nitrogens with zero attached hydrogens (tertiary/aromatic N) is 2. The molecular weight excluding hydrogens is 406 g/mol. The van der Waals surface area contributed by atoms with Crippen LogP contribution < -0.4 is 15.4 Å². The monoisotopic (exact) mass is 429 g/mol. The smallest absolute Gasteiger partial charge is 0.263 e. The van der Waals surface area contributed by atoms with Crippen LogP contribution in [-0.4, -0.2) is 50.2 Å². The lowest BCUT2D eigenvalue weighted by Crippen LogP contribution is -2.42. The summed E-state index contributed by atoms with van der Waals surface area (Å²) in [7, 11) is -3.67. The molecule has 0 saturated heterocycles. The molecule has 0 radical (unpaired) electrons. The number of carbonyl (C=O) groups is 2. The highest BCUT2D eigenvalue weighted by Gasteiger charge is 2.32. The summed E-state index contributed by atoms with van der Waals surface area (Å²) >= 11 is 0. The van der Waals surface area contributed by atoms with Crippen LogP contribution in [0, 0.1) is 5.92 Å². The Balaban J connectivity index is 1.62. The van der Waals surface area contributed by atoms with Crippen LogP contribution in [0.2, 0.25) is 0 Å². The van der Waals surface area contributed by atoms with E-state index in [-0.39, 0.29) is 41.6 Å². The maximum Gasteiger partial charge on any atom is 0.263 e. The minimum Gasteiger partial charge on any atom is -0.352 e. The van der Waals surface area contributed by atoms with E-state index >= 15 is 0 Å². The number of hydrogen-bond acceptors (Lipinski definition) is 6. The molecule has 0 aliphatic carbocycles. The van der Waals surface area contributed by atoms with E-state index in [0.29, 0.717) is 11.1 Å². The first-order valence-corrected chi connectivity index (χ1v) is 10.9. The number of nitrogens with one attached hydrogen (secondary N) is 3. The molecule has 1 atom stereocenters. The van der Waals surface area contributed by atoms with E-state index < -0.39 is 16.1 Å². The van der Waals surface area contributed by atoms with E-state index in [9.17, 15) is 18.0 Å². The Labute approximate surface area is 175 Å². The minimum absolute atomic E-state index is 0.143. The number of rotatable bonds is 7. The van der Waals surface area contributed by atoms with Gasteiger partial charge in [0.25, 0.3) is 15.9 Å². The van der Waals surface area contributed by atoms with Crippen molar-refractivity contribution in [3.63, 3.8) is 0 Å². The van der Waals surface area contributed by atoms with Gasteiger partial charge >= 0.3 is 0 Å². The molecule has 0 bridgehead atoms. The van der Waals surface area contributed by atoms with Gasteiger partial charge in [-0.15, -0.1) is 0 Å². The first-order chi connectivity index (χ1) is 14.3. The lowest BCUT2D eigenvalue weighted by atomic mass is 10.0. The lowest BCUT2D eigenvalue weighted by molar-refractivity contribution is -0.123. The van der Waals surface area contributed by atoms with Crippen molar-refractivity contribution in [3.8, 4) is 0 Å². The molecule has 0 spiro atoms. The quantitative estimate of drug-likeness (QED) is 0.558. The fourth-order valence-electron chi connectivity index (χ4n) is 2.94. The number of sulfonamides is 1. The average molecular weight is 430 g/mol. The molecule has 0 saturated carbocycles. The van der Waals surface area contributed by atoms with E-state index in [1.807, 2.05) is 13.8 Å². The zero-order chi connectivity index (χ0) is 21.7. The van der Waals surface area contributed by atoms with Gasteiger partial charge in [0.2, 0.25) is 5.91 Å². The first-order valence-electron chi connectivity index (χ1n) is 9.45. The highest BCUT2D eigenvalue weighted by Crippen LogP contribution is 2.23. The number of aliphatic imine (C=N–C) groups is 1. The summed E-state index contributed by atoms with van der Waals surface area (Å²) in [5, 5.41) is 5.43. The molecule has 3 rings (SSSR count). The molecule has 158 valence electrons. The van der Waals surface area contributed by atoms with Crippen molar-refractivity contribution in [3.05, 3.63) is 59.9 Å². The van der Waals surface area contributed by atoms with Crippen LogP contribution in [0.5, 0.6) is 0 Å². The van der Waals surface area contributed by atoms with Crippen molar-refractivity contribution in [1.29, 1.82) is 0 Å². The predicted octanol–water partition coefficient (Wildman–Crippen LogP) is 0.691. The zero-order valence-corrected chi connectivity index (χ0v) is 17.4. The fraction of sp³-hybridized carbons (Fsp3) is 0.300. The van der Waals surface area contributed by atoms with Crippen molar-refractivity contribution in [2.24, 2.45) is 10.9 Å². The van der Waals surface area contributed by atoms with Gasteiger partial charge in [-0.2, -0.15) is 0 Å². The molecule has 2 aromatic rings. The van der Waals surface area contributed by atoms with Gasteiger partial charge in [0.05, 0.1) is 10.5 Å². The minimum atomic E-state index is -3.67. The molecule has 1 aromatic carbocycles. The Bertz CT molecular complexity index is 1070. The summed E-state index contributed by atoms with van der Waals surface area (Å²) in [6.07, 6.45) is 3.03. The molecule has 10 heteroatoms. The molecule has 9 nitrogen and oxygen atoms in total. The maximum atomic E-state index is 12.6. The molecule has 2 heterocycles. The molecule has 1 aliphatic heterocycles. The summed E-state index contributed by atoms with van der Waals surface area (Å²) < 4.78 is 26.9. The Morgan fingerprint density at radius 1 is 1.10 bits per heavy atom. The average Bonchev–Trinajstić information content (AvgIpc) is 3.00. The van der Waals surface area contributed by atoms with Gasteiger partial charge in [-0.25, -0.2) is 8.42 Å². The molecule has 0 unspecified atom stereocenters. The third-order valence-electron chi connectivity index (χ3n) is 4.46.